The van der Waals surface area contributed by atoms with Gasteiger partial charge in [-0.25, -0.2) is 9.78 Å². The van der Waals surface area contributed by atoms with Crippen LogP contribution in [0.5, 0.6) is 5.88 Å². The van der Waals surface area contributed by atoms with Gasteiger partial charge < -0.3 is 15.4 Å². The highest BCUT2D eigenvalue weighted by atomic mass is 16.5. The fraction of sp³-hybridized carbons (Fsp3) is 0.600. The Labute approximate surface area is 125 Å². The number of hydrogen-bond acceptors (Lipinski definition) is 4. The molecule has 0 unspecified atom stereocenters. The van der Waals surface area contributed by atoms with Crippen LogP contribution in [0.25, 0.3) is 0 Å². The Hall–Kier alpha value is -1.82. The van der Waals surface area contributed by atoms with Gasteiger partial charge in [0.25, 0.3) is 0 Å². The van der Waals surface area contributed by atoms with E-state index in [4.69, 9.17) is 4.74 Å². The van der Waals surface area contributed by atoms with Crippen molar-refractivity contribution in [1.82, 2.24) is 20.5 Å². The number of ether oxygens (including phenoxy) is 1. The maximum atomic E-state index is 11.8. The minimum absolute atomic E-state index is 0.160. The van der Waals surface area contributed by atoms with Crippen molar-refractivity contribution in [3.63, 3.8) is 0 Å². The Morgan fingerprint density at radius 1 is 1.43 bits per heavy atom. The molecule has 0 aliphatic carbocycles. The lowest BCUT2D eigenvalue weighted by Gasteiger charge is -2.23. The summed E-state index contributed by atoms with van der Waals surface area (Å²) in [4.78, 5) is 18.3. The zero-order valence-electron chi connectivity index (χ0n) is 12.8. The summed E-state index contributed by atoms with van der Waals surface area (Å²) >= 11 is 0. The fourth-order valence-corrected chi connectivity index (χ4v) is 2.53. The van der Waals surface area contributed by atoms with Gasteiger partial charge in [0.2, 0.25) is 5.88 Å². The first-order chi connectivity index (χ1) is 10.2. The number of nitrogens with one attached hydrogen (secondary N) is 2. The SMILES string of the molecule is COc1ncccc1CNC(=O)NC[C@@H](C)N1CCCC1. The van der Waals surface area contributed by atoms with E-state index in [2.05, 4.69) is 27.4 Å². The van der Waals surface area contributed by atoms with E-state index < -0.39 is 0 Å². The van der Waals surface area contributed by atoms with E-state index in [0.29, 0.717) is 25.0 Å². The van der Waals surface area contributed by atoms with Crippen LogP contribution in [0.3, 0.4) is 0 Å². The van der Waals surface area contributed by atoms with Gasteiger partial charge in [0, 0.05) is 30.9 Å². The third kappa shape index (κ3) is 4.60. The standard InChI is InChI=1S/C15H24N4O2/c1-12(19-8-3-4-9-19)10-17-15(20)18-11-13-6-5-7-16-14(13)21-2/h5-7,12H,3-4,8-11H2,1-2H3,(H2,17,18,20)/t12-/m1/s1. The Kier molecular flexibility index (Phi) is 5.80. The summed E-state index contributed by atoms with van der Waals surface area (Å²) in [6.45, 7) is 5.49. The molecule has 21 heavy (non-hydrogen) atoms. The van der Waals surface area contributed by atoms with Crippen molar-refractivity contribution >= 4 is 6.03 Å². The van der Waals surface area contributed by atoms with Crippen LogP contribution in [0.15, 0.2) is 18.3 Å². The lowest BCUT2D eigenvalue weighted by Crippen LogP contribution is -2.44. The third-order valence-electron chi connectivity index (χ3n) is 3.80. The van der Waals surface area contributed by atoms with Crippen LogP contribution in [0, 0.1) is 0 Å². The summed E-state index contributed by atoms with van der Waals surface area (Å²) in [5.41, 5.74) is 0.864. The summed E-state index contributed by atoms with van der Waals surface area (Å²) in [5, 5.41) is 5.75. The molecule has 1 aliphatic rings. The molecule has 1 fully saturated rings. The number of carbonyl (C=O) groups is 1. The van der Waals surface area contributed by atoms with Crippen LogP contribution in [0.2, 0.25) is 0 Å². The summed E-state index contributed by atoms with van der Waals surface area (Å²) in [6, 6.07) is 3.93. The van der Waals surface area contributed by atoms with Crippen LogP contribution in [0.4, 0.5) is 4.79 Å². The molecule has 2 heterocycles. The van der Waals surface area contributed by atoms with Gasteiger partial charge in [-0.2, -0.15) is 0 Å². The maximum absolute atomic E-state index is 11.8. The van der Waals surface area contributed by atoms with Crippen LogP contribution in [-0.2, 0) is 6.54 Å². The second-order valence-electron chi connectivity index (χ2n) is 5.33. The van der Waals surface area contributed by atoms with Gasteiger partial charge in [-0.15, -0.1) is 0 Å². The first-order valence-corrected chi connectivity index (χ1v) is 7.44. The van der Waals surface area contributed by atoms with E-state index in [0.717, 1.165) is 18.7 Å². The molecule has 1 aromatic rings. The lowest BCUT2D eigenvalue weighted by molar-refractivity contribution is 0.226. The van der Waals surface area contributed by atoms with E-state index in [1.165, 1.54) is 12.8 Å². The van der Waals surface area contributed by atoms with Crippen LogP contribution in [-0.4, -0.2) is 48.7 Å². The number of urea groups is 1. The van der Waals surface area contributed by atoms with Crippen LogP contribution < -0.4 is 15.4 Å². The number of methoxy groups -OCH3 is 1. The number of likely N-dealkylation sites (tertiary alicyclic amines) is 1. The van der Waals surface area contributed by atoms with Gasteiger partial charge in [-0.1, -0.05) is 6.07 Å². The van der Waals surface area contributed by atoms with Gasteiger partial charge in [-0.05, 0) is 38.9 Å². The van der Waals surface area contributed by atoms with Gasteiger partial charge >= 0.3 is 6.03 Å². The predicted molar refractivity (Wildman–Crippen MR) is 81.3 cm³/mol. The van der Waals surface area contributed by atoms with Crippen molar-refractivity contribution in [2.45, 2.75) is 32.4 Å². The zero-order chi connectivity index (χ0) is 15.1. The zero-order valence-corrected chi connectivity index (χ0v) is 12.8. The molecule has 0 aromatic carbocycles. The van der Waals surface area contributed by atoms with E-state index >= 15 is 0 Å². The molecule has 2 amide bonds. The second-order valence-corrected chi connectivity index (χ2v) is 5.33. The fourth-order valence-electron chi connectivity index (χ4n) is 2.53. The van der Waals surface area contributed by atoms with Gasteiger partial charge in [0.15, 0.2) is 0 Å². The van der Waals surface area contributed by atoms with Crippen molar-refractivity contribution in [2.75, 3.05) is 26.7 Å². The number of carbonyl (C=O) groups excluding carboxylic acids is 1. The van der Waals surface area contributed by atoms with Crippen LogP contribution in [0.1, 0.15) is 25.3 Å². The molecule has 0 bridgehead atoms. The molecule has 116 valence electrons. The largest absolute Gasteiger partial charge is 0.481 e. The van der Waals surface area contributed by atoms with E-state index in [1.807, 2.05) is 12.1 Å². The summed E-state index contributed by atoms with van der Waals surface area (Å²) in [6.07, 6.45) is 4.19. The van der Waals surface area contributed by atoms with Crippen molar-refractivity contribution in [1.29, 1.82) is 0 Å². The monoisotopic (exact) mass is 292 g/mol. The first-order valence-electron chi connectivity index (χ1n) is 7.44. The Balaban J connectivity index is 1.72. The summed E-state index contributed by atoms with van der Waals surface area (Å²) in [7, 11) is 1.57. The first kappa shape index (κ1) is 15.6. The Bertz CT molecular complexity index is 461. The molecule has 0 spiro atoms. The highest BCUT2D eigenvalue weighted by Gasteiger charge is 2.18. The highest BCUT2D eigenvalue weighted by molar-refractivity contribution is 5.73. The topological polar surface area (TPSA) is 66.5 Å². The number of amides is 2. The normalized spacial score (nSPS) is 16.5. The van der Waals surface area contributed by atoms with E-state index in [9.17, 15) is 4.79 Å². The molecule has 0 radical (unpaired) electrons. The average molecular weight is 292 g/mol. The third-order valence-corrected chi connectivity index (χ3v) is 3.80. The predicted octanol–water partition coefficient (Wildman–Crippen LogP) is 1.37. The average Bonchev–Trinajstić information content (AvgIpc) is 3.05. The van der Waals surface area contributed by atoms with Crippen LogP contribution >= 0.6 is 0 Å². The van der Waals surface area contributed by atoms with E-state index in [1.54, 1.807) is 13.3 Å². The van der Waals surface area contributed by atoms with Crippen molar-refractivity contribution in [3.05, 3.63) is 23.9 Å². The van der Waals surface area contributed by atoms with Gasteiger partial charge in [-0.3, -0.25) is 4.90 Å². The smallest absolute Gasteiger partial charge is 0.315 e. The Morgan fingerprint density at radius 3 is 2.90 bits per heavy atom. The molecule has 1 aliphatic heterocycles. The molecule has 1 atom stereocenters. The van der Waals surface area contributed by atoms with Crippen molar-refractivity contribution < 1.29 is 9.53 Å². The Morgan fingerprint density at radius 2 is 2.19 bits per heavy atom. The summed E-state index contributed by atoms with van der Waals surface area (Å²) in [5.74, 6) is 0.545. The van der Waals surface area contributed by atoms with E-state index in [-0.39, 0.29) is 6.03 Å². The van der Waals surface area contributed by atoms with Crippen molar-refractivity contribution in [2.24, 2.45) is 0 Å². The number of nitrogens with zero attached hydrogens (tertiary/aromatic N) is 2. The molecule has 2 N–H and O–H groups in total. The molecule has 0 saturated carbocycles. The molecular weight excluding hydrogens is 268 g/mol. The number of pyridine rings is 1. The molecule has 2 rings (SSSR count). The van der Waals surface area contributed by atoms with Gasteiger partial charge in [0.05, 0.1) is 7.11 Å². The molecule has 6 nitrogen and oxygen atoms in total. The lowest BCUT2D eigenvalue weighted by atomic mass is 10.2. The van der Waals surface area contributed by atoms with Gasteiger partial charge in [0.1, 0.15) is 0 Å². The van der Waals surface area contributed by atoms with Crippen molar-refractivity contribution in [3.8, 4) is 5.88 Å². The number of aromatic nitrogens is 1. The number of rotatable bonds is 6. The molecule has 6 heteroatoms. The molecule has 1 aromatic heterocycles. The molecular formula is C15H24N4O2. The maximum Gasteiger partial charge on any atom is 0.315 e. The highest BCUT2D eigenvalue weighted by Crippen LogP contribution is 2.13. The minimum Gasteiger partial charge on any atom is -0.481 e. The quantitative estimate of drug-likeness (QED) is 0.831. The minimum atomic E-state index is -0.160. The molecule has 1 saturated heterocycles. The number of hydrogen-bond donors (Lipinski definition) is 2. The summed E-state index contributed by atoms with van der Waals surface area (Å²) < 4.78 is 5.15. The second kappa shape index (κ2) is 7.83.